The molecule has 2 aromatic rings. The lowest BCUT2D eigenvalue weighted by Crippen LogP contribution is -2.37. The fourth-order valence-electron chi connectivity index (χ4n) is 2.95. The molecule has 1 aliphatic heterocycles. The molecule has 9 heteroatoms. The second kappa shape index (κ2) is 7.74. The fourth-order valence-corrected chi connectivity index (χ4v) is 3.92. The summed E-state index contributed by atoms with van der Waals surface area (Å²) in [6.07, 6.45) is 3.15. The number of sulfone groups is 1. The Kier molecular flexibility index (Phi) is 5.57. The van der Waals surface area contributed by atoms with E-state index in [1.807, 2.05) is 0 Å². The van der Waals surface area contributed by atoms with Gasteiger partial charge in [-0.1, -0.05) is 11.6 Å². The van der Waals surface area contributed by atoms with Gasteiger partial charge < -0.3 is 14.2 Å². The van der Waals surface area contributed by atoms with E-state index in [2.05, 4.69) is 0 Å². The molecule has 144 valence electrons. The second-order valence-electron chi connectivity index (χ2n) is 6.33. The third kappa shape index (κ3) is 4.33. The average Bonchev–Trinajstić information content (AvgIpc) is 3.04. The molecule has 0 bridgehead atoms. The largest absolute Gasteiger partial charge is 0.459 e. The minimum atomic E-state index is -3.40. The minimum absolute atomic E-state index is 0.0649. The maximum absolute atomic E-state index is 12.8. The quantitative estimate of drug-likeness (QED) is 0.774. The summed E-state index contributed by atoms with van der Waals surface area (Å²) in [4.78, 5) is 28.5. The topological polar surface area (TPSA) is 87.9 Å². The number of carbonyl (C=O) groups is 2. The molecule has 27 heavy (non-hydrogen) atoms. The molecule has 1 saturated heterocycles. The predicted molar refractivity (Wildman–Crippen MR) is 99.7 cm³/mol. The van der Waals surface area contributed by atoms with Crippen molar-refractivity contribution >= 4 is 33.3 Å². The van der Waals surface area contributed by atoms with Crippen molar-refractivity contribution in [1.82, 2.24) is 9.80 Å². The summed E-state index contributed by atoms with van der Waals surface area (Å²) in [6.45, 7) is 1.73. The Balaban J connectivity index is 1.72. The summed E-state index contributed by atoms with van der Waals surface area (Å²) in [6, 6.07) is 7.35. The number of halogens is 1. The molecule has 0 saturated carbocycles. The van der Waals surface area contributed by atoms with Crippen molar-refractivity contribution in [3.63, 3.8) is 0 Å². The molecule has 0 unspecified atom stereocenters. The highest BCUT2D eigenvalue weighted by Gasteiger charge is 2.26. The lowest BCUT2D eigenvalue weighted by atomic mass is 10.2. The standard InChI is InChI=1S/C18H19ClN2O5S/c1-27(24,25)13-5-6-14(15(19)12-13)17(22)20-7-3-8-21(10-9-20)18(23)16-4-2-11-26-16/h2,4-6,11-12H,3,7-10H2,1H3. The Labute approximate surface area is 162 Å². The zero-order valence-electron chi connectivity index (χ0n) is 14.7. The molecule has 0 spiro atoms. The fraction of sp³-hybridized carbons (Fsp3) is 0.333. The van der Waals surface area contributed by atoms with Gasteiger partial charge in [-0.05, 0) is 36.8 Å². The number of nitrogens with zero attached hydrogens (tertiary/aromatic N) is 2. The summed E-state index contributed by atoms with van der Waals surface area (Å²) in [7, 11) is -3.40. The monoisotopic (exact) mass is 410 g/mol. The van der Waals surface area contributed by atoms with E-state index in [0.717, 1.165) is 6.26 Å². The number of rotatable bonds is 3. The van der Waals surface area contributed by atoms with Crippen LogP contribution in [0, 0.1) is 0 Å². The van der Waals surface area contributed by atoms with Crippen molar-refractivity contribution in [3.05, 3.63) is 52.9 Å². The summed E-state index contributed by atoms with van der Waals surface area (Å²) >= 11 is 6.15. The molecule has 3 rings (SSSR count). The van der Waals surface area contributed by atoms with Crippen molar-refractivity contribution in [2.45, 2.75) is 11.3 Å². The van der Waals surface area contributed by atoms with E-state index in [9.17, 15) is 18.0 Å². The first-order valence-corrected chi connectivity index (χ1v) is 10.7. The number of furan rings is 1. The molecule has 1 fully saturated rings. The average molecular weight is 411 g/mol. The number of amides is 2. The van der Waals surface area contributed by atoms with Gasteiger partial charge in [0.1, 0.15) is 0 Å². The molecular formula is C18H19ClN2O5S. The maximum Gasteiger partial charge on any atom is 0.289 e. The van der Waals surface area contributed by atoms with E-state index in [4.69, 9.17) is 16.0 Å². The van der Waals surface area contributed by atoms with Gasteiger partial charge >= 0.3 is 0 Å². The Morgan fingerprint density at radius 2 is 1.70 bits per heavy atom. The third-order valence-electron chi connectivity index (χ3n) is 4.40. The zero-order chi connectivity index (χ0) is 19.6. The third-order valence-corrected chi connectivity index (χ3v) is 5.82. The van der Waals surface area contributed by atoms with Crippen LogP contribution in [-0.2, 0) is 9.84 Å². The predicted octanol–water partition coefficient (Wildman–Crippen LogP) is 2.32. The zero-order valence-corrected chi connectivity index (χ0v) is 16.3. The Hall–Kier alpha value is -2.32. The van der Waals surface area contributed by atoms with Crippen molar-refractivity contribution in [3.8, 4) is 0 Å². The Bertz CT molecular complexity index is 956. The maximum atomic E-state index is 12.8. The van der Waals surface area contributed by atoms with Crippen LogP contribution < -0.4 is 0 Å². The number of carbonyl (C=O) groups excluding carboxylic acids is 2. The van der Waals surface area contributed by atoms with Gasteiger partial charge in [0.2, 0.25) is 0 Å². The highest BCUT2D eigenvalue weighted by atomic mass is 35.5. The summed E-state index contributed by atoms with van der Waals surface area (Å²) < 4.78 is 28.4. The van der Waals surface area contributed by atoms with Crippen LogP contribution in [0.25, 0.3) is 0 Å². The minimum Gasteiger partial charge on any atom is -0.459 e. The van der Waals surface area contributed by atoms with Gasteiger partial charge in [-0.3, -0.25) is 9.59 Å². The first-order valence-electron chi connectivity index (χ1n) is 8.39. The molecule has 7 nitrogen and oxygen atoms in total. The molecule has 0 aliphatic carbocycles. The molecule has 1 aliphatic rings. The van der Waals surface area contributed by atoms with Crippen LogP contribution in [0.5, 0.6) is 0 Å². The van der Waals surface area contributed by atoms with Crippen LogP contribution in [-0.4, -0.2) is 62.5 Å². The van der Waals surface area contributed by atoms with Crippen LogP contribution in [0.2, 0.25) is 5.02 Å². The van der Waals surface area contributed by atoms with E-state index < -0.39 is 9.84 Å². The van der Waals surface area contributed by atoms with Crippen molar-refractivity contribution in [1.29, 1.82) is 0 Å². The smallest absolute Gasteiger partial charge is 0.289 e. The van der Waals surface area contributed by atoms with E-state index in [1.165, 1.54) is 24.5 Å². The molecule has 0 N–H and O–H groups in total. The van der Waals surface area contributed by atoms with Gasteiger partial charge in [0.05, 0.1) is 21.7 Å². The molecular weight excluding hydrogens is 392 g/mol. The summed E-state index contributed by atoms with van der Waals surface area (Å²) in [5.74, 6) is -0.216. The first-order chi connectivity index (χ1) is 12.8. The van der Waals surface area contributed by atoms with Crippen LogP contribution in [0.4, 0.5) is 0 Å². The molecule has 2 heterocycles. The lowest BCUT2D eigenvalue weighted by molar-refractivity contribution is 0.0700. The van der Waals surface area contributed by atoms with Crippen molar-refractivity contribution < 1.29 is 22.4 Å². The first kappa shape index (κ1) is 19.4. The van der Waals surface area contributed by atoms with Gasteiger partial charge in [0, 0.05) is 32.4 Å². The SMILES string of the molecule is CS(=O)(=O)c1ccc(C(=O)N2CCCN(C(=O)c3ccco3)CC2)c(Cl)c1. The molecule has 1 aromatic heterocycles. The van der Waals surface area contributed by atoms with E-state index >= 15 is 0 Å². The van der Waals surface area contributed by atoms with Gasteiger partial charge in [-0.2, -0.15) is 0 Å². The van der Waals surface area contributed by atoms with Crippen molar-refractivity contribution in [2.75, 3.05) is 32.4 Å². The van der Waals surface area contributed by atoms with Gasteiger partial charge in [-0.15, -0.1) is 0 Å². The van der Waals surface area contributed by atoms with E-state index in [1.54, 1.807) is 21.9 Å². The normalized spacial score (nSPS) is 15.5. The summed E-state index contributed by atoms with van der Waals surface area (Å²) in [5, 5.41) is 0.0932. The Morgan fingerprint density at radius 3 is 2.26 bits per heavy atom. The molecule has 2 amide bonds. The highest BCUT2D eigenvalue weighted by molar-refractivity contribution is 7.90. The second-order valence-corrected chi connectivity index (χ2v) is 8.75. The van der Waals surface area contributed by atoms with Gasteiger partial charge in [0.25, 0.3) is 11.8 Å². The highest BCUT2D eigenvalue weighted by Crippen LogP contribution is 2.23. The number of hydrogen-bond donors (Lipinski definition) is 0. The van der Waals surface area contributed by atoms with Gasteiger partial charge in [0.15, 0.2) is 15.6 Å². The van der Waals surface area contributed by atoms with Crippen molar-refractivity contribution in [2.24, 2.45) is 0 Å². The molecule has 0 atom stereocenters. The van der Waals surface area contributed by atoms with E-state index in [-0.39, 0.29) is 33.1 Å². The molecule has 1 aromatic carbocycles. The lowest BCUT2D eigenvalue weighted by Gasteiger charge is -2.22. The van der Waals surface area contributed by atoms with Crippen LogP contribution in [0.15, 0.2) is 45.9 Å². The number of benzene rings is 1. The number of hydrogen-bond acceptors (Lipinski definition) is 5. The van der Waals surface area contributed by atoms with Crippen LogP contribution >= 0.6 is 11.6 Å². The Morgan fingerprint density at radius 1 is 1.04 bits per heavy atom. The van der Waals surface area contributed by atoms with E-state index in [0.29, 0.717) is 32.6 Å². The summed E-state index contributed by atoms with van der Waals surface area (Å²) in [5.41, 5.74) is 0.245. The molecule has 0 radical (unpaired) electrons. The van der Waals surface area contributed by atoms with Crippen LogP contribution in [0.3, 0.4) is 0 Å². The van der Waals surface area contributed by atoms with Gasteiger partial charge in [-0.25, -0.2) is 8.42 Å². The van der Waals surface area contributed by atoms with Crippen LogP contribution in [0.1, 0.15) is 27.3 Å².